The number of morpholine rings is 1. The van der Waals surface area contributed by atoms with Crippen LogP contribution >= 0.6 is 0 Å². The standard InChI is InChI=1S/C17H24N4O3/c1-13(11-20-7-9-24-10-8-20)18-16(22)12-21-15-6-4-3-5-14(15)19(2)17(21)23/h3-6,13H,7-12H2,1-2H3,(H,18,22)/t13-/m1/s1. The van der Waals surface area contributed by atoms with E-state index in [0.29, 0.717) is 0 Å². The second kappa shape index (κ2) is 7.19. The van der Waals surface area contributed by atoms with Gasteiger partial charge in [0.15, 0.2) is 0 Å². The zero-order valence-electron chi connectivity index (χ0n) is 14.2. The normalized spacial score (nSPS) is 17.1. The van der Waals surface area contributed by atoms with Gasteiger partial charge in [0.25, 0.3) is 0 Å². The maximum atomic E-state index is 12.4. The van der Waals surface area contributed by atoms with Gasteiger partial charge in [-0.3, -0.25) is 18.8 Å². The first-order valence-corrected chi connectivity index (χ1v) is 8.30. The summed E-state index contributed by atoms with van der Waals surface area (Å²) in [5.41, 5.74) is 1.44. The Morgan fingerprint density at radius 3 is 2.62 bits per heavy atom. The predicted octanol–water partition coefficient (Wildman–Crippen LogP) is 0.177. The number of aryl methyl sites for hydroxylation is 1. The van der Waals surface area contributed by atoms with Crippen LogP contribution in [-0.2, 0) is 23.1 Å². The largest absolute Gasteiger partial charge is 0.379 e. The van der Waals surface area contributed by atoms with Crippen LogP contribution in [0, 0.1) is 0 Å². The molecule has 1 amide bonds. The van der Waals surface area contributed by atoms with Crippen molar-refractivity contribution in [2.45, 2.75) is 19.5 Å². The van der Waals surface area contributed by atoms with Crippen molar-refractivity contribution >= 4 is 16.9 Å². The maximum absolute atomic E-state index is 12.4. The lowest BCUT2D eigenvalue weighted by molar-refractivity contribution is -0.122. The molecule has 1 N–H and O–H groups in total. The van der Waals surface area contributed by atoms with Crippen molar-refractivity contribution in [3.63, 3.8) is 0 Å². The number of nitrogens with one attached hydrogen (secondary N) is 1. The summed E-state index contributed by atoms with van der Waals surface area (Å²) in [5.74, 6) is -0.144. The van der Waals surface area contributed by atoms with Gasteiger partial charge in [0, 0.05) is 32.7 Å². The van der Waals surface area contributed by atoms with E-state index in [0.717, 1.165) is 43.9 Å². The molecule has 0 spiro atoms. The minimum atomic E-state index is -0.174. The third-order valence-corrected chi connectivity index (χ3v) is 4.40. The van der Waals surface area contributed by atoms with E-state index in [-0.39, 0.29) is 24.2 Å². The molecule has 1 aromatic carbocycles. The van der Waals surface area contributed by atoms with E-state index in [1.54, 1.807) is 11.6 Å². The molecule has 24 heavy (non-hydrogen) atoms. The first-order valence-electron chi connectivity index (χ1n) is 8.30. The van der Waals surface area contributed by atoms with Crippen molar-refractivity contribution in [1.82, 2.24) is 19.4 Å². The Balaban J connectivity index is 1.65. The van der Waals surface area contributed by atoms with Crippen LogP contribution in [0.3, 0.4) is 0 Å². The summed E-state index contributed by atoms with van der Waals surface area (Å²) in [7, 11) is 1.72. The molecule has 1 atom stereocenters. The summed E-state index contributed by atoms with van der Waals surface area (Å²) in [6.07, 6.45) is 0. The molecule has 2 aromatic rings. The van der Waals surface area contributed by atoms with E-state index in [1.165, 1.54) is 4.57 Å². The molecule has 2 heterocycles. The lowest BCUT2D eigenvalue weighted by Gasteiger charge is -2.29. The van der Waals surface area contributed by atoms with Crippen LogP contribution in [0.1, 0.15) is 6.92 Å². The number of amides is 1. The van der Waals surface area contributed by atoms with Crippen molar-refractivity contribution in [3.8, 4) is 0 Å². The third kappa shape index (κ3) is 3.52. The molecular formula is C17H24N4O3. The van der Waals surface area contributed by atoms with Crippen molar-refractivity contribution in [2.75, 3.05) is 32.8 Å². The van der Waals surface area contributed by atoms with E-state index in [9.17, 15) is 9.59 Å². The quantitative estimate of drug-likeness (QED) is 0.848. The van der Waals surface area contributed by atoms with Gasteiger partial charge < -0.3 is 10.1 Å². The minimum Gasteiger partial charge on any atom is -0.379 e. The second-order valence-corrected chi connectivity index (χ2v) is 6.30. The SMILES string of the molecule is C[C@H](CN1CCOCC1)NC(=O)Cn1c(=O)n(C)c2ccccc21. The zero-order valence-corrected chi connectivity index (χ0v) is 14.2. The van der Waals surface area contributed by atoms with Gasteiger partial charge in [-0.05, 0) is 19.1 Å². The predicted molar refractivity (Wildman–Crippen MR) is 92.0 cm³/mol. The van der Waals surface area contributed by atoms with E-state index >= 15 is 0 Å². The van der Waals surface area contributed by atoms with E-state index in [2.05, 4.69) is 10.2 Å². The molecule has 3 rings (SSSR count). The molecule has 1 aliphatic heterocycles. The highest BCUT2D eigenvalue weighted by atomic mass is 16.5. The minimum absolute atomic E-state index is 0.0290. The number of imidazole rings is 1. The van der Waals surface area contributed by atoms with Gasteiger partial charge in [-0.25, -0.2) is 4.79 Å². The van der Waals surface area contributed by atoms with Crippen molar-refractivity contribution in [1.29, 1.82) is 0 Å². The Morgan fingerprint density at radius 2 is 1.92 bits per heavy atom. The number of rotatable bonds is 5. The monoisotopic (exact) mass is 332 g/mol. The van der Waals surface area contributed by atoms with Gasteiger partial charge >= 0.3 is 5.69 Å². The van der Waals surface area contributed by atoms with Gasteiger partial charge in [-0.2, -0.15) is 0 Å². The van der Waals surface area contributed by atoms with Gasteiger partial charge in [0.05, 0.1) is 24.2 Å². The van der Waals surface area contributed by atoms with Crippen molar-refractivity contribution in [3.05, 3.63) is 34.7 Å². The average molecular weight is 332 g/mol. The molecule has 1 saturated heterocycles. The number of aromatic nitrogens is 2. The lowest BCUT2D eigenvalue weighted by Crippen LogP contribution is -2.47. The Bertz CT molecular complexity index is 774. The Hall–Kier alpha value is -2.12. The fraction of sp³-hybridized carbons (Fsp3) is 0.529. The van der Waals surface area contributed by atoms with Gasteiger partial charge in [0.1, 0.15) is 6.54 Å². The Morgan fingerprint density at radius 1 is 1.25 bits per heavy atom. The molecule has 130 valence electrons. The lowest BCUT2D eigenvalue weighted by atomic mass is 10.2. The molecule has 1 fully saturated rings. The molecule has 0 radical (unpaired) electrons. The number of ether oxygens (including phenoxy) is 1. The van der Waals surface area contributed by atoms with Gasteiger partial charge in [-0.15, -0.1) is 0 Å². The number of hydrogen-bond acceptors (Lipinski definition) is 4. The summed E-state index contributed by atoms with van der Waals surface area (Å²) in [5, 5.41) is 2.99. The van der Waals surface area contributed by atoms with Crippen LogP contribution in [0.15, 0.2) is 29.1 Å². The summed E-state index contributed by atoms with van der Waals surface area (Å²) in [6, 6.07) is 7.53. The van der Waals surface area contributed by atoms with Crippen molar-refractivity contribution < 1.29 is 9.53 Å². The van der Waals surface area contributed by atoms with Crippen LogP contribution < -0.4 is 11.0 Å². The first kappa shape index (κ1) is 16.7. The van der Waals surface area contributed by atoms with E-state index in [1.807, 2.05) is 31.2 Å². The van der Waals surface area contributed by atoms with Crippen LogP contribution in [0.5, 0.6) is 0 Å². The van der Waals surface area contributed by atoms with Crippen LogP contribution in [0.4, 0.5) is 0 Å². The molecule has 7 nitrogen and oxygen atoms in total. The highest BCUT2D eigenvalue weighted by Gasteiger charge is 2.17. The molecule has 0 unspecified atom stereocenters. The average Bonchev–Trinajstić information content (AvgIpc) is 2.81. The summed E-state index contributed by atoms with van der Waals surface area (Å²) >= 11 is 0. The fourth-order valence-electron chi connectivity index (χ4n) is 3.20. The Kier molecular flexibility index (Phi) is 5.01. The molecule has 0 saturated carbocycles. The summed E-state index contributed by atoms with van der Waals surface area (Å²) < 4.78 is 8.42. The number of nitrogens with zero attached hydrogens (tertiary/aromatic N) is 3. The highest BCUT2D eigenvalue weighted by Crippen LogP contribution is 2.11. The van der Waals surface area contributed by atoms with Crippen LogP contribution in [0.25, 0.3) is 11.0 Å². The molecule has 7 heteroatoms. The number of para-hydroxylation sites is 2. The van der Waals surface area contributed by atoms with Crippen LogP contribution in [0.2, 0.25) is 0 Å². The number of benzene rings is 1. The van der Waals surface area contributed by atoms with E-state index < -0.39 is 0 Å². The molecular weight excluding hydrogens is 308 g/mol. The molecule has 0 aliphatic carbocycles. The van der Waals surface area contributed by atoms with Crippen molar-refractivity contribution in [2.24, 2.45) is 7.05 Å². The number of carbonyl (C=O) groups excluding carboxylic acids is 1. The van der Waals surface area contributed by atoms with E-state index in [4.69, 9.17) is 4.74 Å². The smallest absolute Gasteiger partial charge is 0.329 e. The molecule has 1 aliphatic rings. The second-order valence-electron chi connectivity index (χ2n) is 6.30. The zero-order chi connectivity index (χ0) is 17.1. The molecule has 1 aromatic heterocycles. The first-order chi connectivity index (χ1) is 11.6. The highest BCUT2D eigenvalue weighted by molar-refractivity contribution is 5.81. The summed E-state index contributed by atoms with van der Waals surface area (Å²) in [4.78, 5) is 27.0. The molecule has 0 bridgehead atoms. The maximum Gasteiger partial charge on any atom is 0.329 e. The van der Waals surface area contributed by atoms with Crippen LogP contribution in [-0.4, -0.2) is 58.8 Å². The summed E-state index contributed by atoms with van der Waals surface area (Å²) in [6.45, 7) is 6.08. The fourth-order valence-corrected chi connectivity index (χ4v) is 3.20. The number of carbonyl (C=O) groups is 1. The number of hydrogen-bond donors (Lipinski definition) is 1. The third-order valence-electron chi connectivity index (χ3n) is 4.40. The topological polar surface area (TPSA) is 68.5 Å². The number of fused-ring (bicyclic) bond motifs is 1. The van der Waals surface area contributed by atoms with Gasteiger partial charge in [-0.1, -0.05) is 12.1 Å². The Labute approximate surface area is 140 Å². The van der Waals surface area contributed by atoms with Gasteiger partial charge in [0.2, 0.25) is 5.91 Å².